The lowest BCUT2D eigenvalue weighted by molar-refractivity contribution is 0.317. The van der Waals surface area contributed by atoms with Crippen LogP contribution in [-0.2, 0) is 14.8 Å². The van der Waals surface area contributed by atoms with Crippen molar-refractivity contribution >= 4 is 19.7 Å². The molecule has 0 aliphatic carbocycles. The topological polar surface area (TPSA) is 43.4 Å². The van der Waals surface area contributed by atoms with Crippen LogP contribution in [0.5, 0.6) is 5.75 Å². The van der Waals surface area contributed by atoms with E-state index in [2.05, 4.69) is 0 Å². The van der Waals surface area contributed by atoms with Crippen molar-refractivity contribution in [1.82, 2.24) is 0 Å². The average molecular weight is 249 g/mol. The molecule has 0 unspecified atom stereocenters. The number of benzene rings is 1. The second-order valence-electron chi connectivity index (χ2n) is 3.18. The molecule has 1 aromatic carbocycles. The first kappa shape index (κ1) is 12.3. The van der Waals surface area contributed by atoms with E-state index in [0.717, 1.165) is 6.42 Å². The molecule has 0 atom stereocenters. The summed E-state index contributed by atoms with van der Waals surface area (Å²) in [5.74, 6) is 0.507. The number of halogens is 1. The van der Waals surface area contributed by atoms with E-state index in [0.29, 0.717) is 17.9 Å². The Morgan fingerprint density at radius 1 is 1.40 bits per heavy atom. The molecule has 0 radical (unpaired) electrons. The quantitative estimate of drug-likeness (QED) is 0.752. The highest BCUT2D eigenvalue weighted by atomic mass is 35.7. The molecule has 84 valence electrons. The van der Waals surface area contributed by atoms with Gasteiger partial charge in [-0.1, -0.05) is 19.1 Å². The molecule has 0 bridgehead atoms. The Kier molecular flexibility index (Phi) is 4.42. The Morgan fingerprint density at radius 3 is 2.73 bits per heavy atom. The van der Waals surface area contributed by atoms with Crippen LogP contribution in [0, 0.1) is 0 Å². The highest BCUT2D eigenvalue weighted by Crippen LogP contribution is 2.16. The van der Waals surface area contributed by atoms with Gasteiger partial charge in [0.1, 0.15) is 5.75 Å². The third kappa shape index (κ3) is 5.04. The largest absolute Gasteiger partial charge is 0.494 e. The van der Waals surface area contributed by atoms with E-state index in [1.54, 1.807) is 24.3 Å². The van der Waals surface area contributed by atoms with Gasteiger partial charge in [-0.2, -0.15) is 0 Å². The number of ether oxygens (including phenoxy) is 1. The molecule has 0 aromatic heterocycles. The summed E-state index contributed by atoms with van der Waals surface area (Å²) in [4.78, 5) is 0. The van der Waals surface area contributed by atoms with Gasteiger partial charge in [0.2, 0.25) is 9.05 Å². The van der Waals surface area contributed by atoms with E-state index >= 15 is 0 Å². The van der Waals surface area contributed by atoms with Gasteiger partial charge < -0.3 is 4.74 Å². The van der Waals surface area contributed by atoms with Crippen molar-refractivity contribution in [2.75, 3.05) is 6.61 Å². The molecular formula is C10H13ClO3S. The summed E-state index contributed by atoms with van der Waals surface area (Å²) >= 11 is 0. The van der Waals surface area contributed by atoms with Crippen LogP contribution >= 0.6 is 10.7 Å². The zero-order chi connectivity index (χ0) is 11.3. The van der Waals surface area contributed by atoms with Gasteiger partial charge >= 0.3 is 0 Å². The Balaban J connectivity index is 2.74. The maximum absolute atomic E-state index is 10.9. The summed E-state index contributed by atoms with van der Waals surface area (Å²) < 4.78 is 27.1. The highest BCUT2D eigenvalue weighted by molar-refractivity contribution is 8.13. The average Bonchev–Trinajstić information content (AvgIpc) is 2.12. The molecule has 0 saturated carbocycles. The fourth-order valence-electron chi connectivity index (χ4n) is 1.14. The fraction of sp³-hybridized carbons (Fsp3) is 0.400. The van der Waals surface area contributed by atoms with E-state index in [9.17, 15) is 8.42 Å². The Bertz CT molecular complexity index is 414. The summed E-state index contributed by atoms with van der Waals surface area (Å²) in [5.41, 5.74) is 0.638. The van der Waals surface area contributed by atoms with Crippen LogP contribution in [0.2, 0.25) is 0 Å². The lowest BCUT2D eigenvalue weighted by Gasteiger charge is -2.05. The Morgan fingerprint density at radius 2 is 2.13 bits per heavy atom. The van der Waals surface area contributed by atoms with Gasteiger partial charge in [0.05, 0.1) is 12.4 Å². The van der Waals surface area contributed by atoms with Gasteiger partial charge in [0, 0.05) is 10.7 Å². The predicted molar refractivity (Wildman–Crippen MR) is 60.7 cm³/mol. The van der Waals surface area contributed by atoms with Gasteiger partial charge in [-0.25, -0.2) is 8.42 Å². The minimum atomic E-state index is -3.50. The molecule has 1 aromatic rings. The van der Waals surface area contributed by atoms with Crippen LogP contribution < -0.4 is 4.74 Å². The van der Waals surface area contributed by atoms with Crippen molar-refractivity contribution in [3.05, 3.63) is 29.8 Å². The Hall–Kier alpha value is -0.740. The molecule has 0 aliphatic heterocycles. The maximum Gasteiger partial charge on any atom is 0.236 e. The minimum Gasteiger partial charge on any atom is -0.494 e. The van der Waals surface area contributed by atoms with Crippen LogP contribution in [0.15, 0.2) is 24.3 Å². The second kappa shape index (κ2) is 5.37. The van der Waals surface area contributed by atoms with Crippen molar-refractivity contribution in [1.29, 1.82) is 0 Å². The van der Waals surface area contributed by atoms with Gasteiger partial charge in [-0.05, 0) is 24.1 Å². The summed E-state index contributed by atoms with van der Waals surface area (Å²) in [6.45, 7) is 2.63. The van der Waals surface area contributed by atoms with Gasteiger partial charge in [-0.3, -0.25) is 0 Å². The van der Waals surface area contributed by atoms with Crippen molar-refractivity contribution < 1.29 is 13.2 Å². The van der Waals surface area contributed by atoms with E-state index in [1.165, 1.54) is 0 Å². The smallest absolute Gasteiger partial charge is 0.236 e. The van der Waals surface area contributed by atoms with E-state index < -0.39 is 9.05 Å². The van der Waals surface area contributed by atoms with E-state index in [1.807, 2.05) is 6.92 Å². The maximum atomic E-state index is 10.9. The molecule has 0 amide bonds. The summed E-state index contributed by atoms with van der Waals surface area (Å²) in [7, 11) is 1.66. The van der Waals surface area contributed by atoms with Crippen LogP contribution in [0.4, 0.5) is 0 Å². The van der Waals surface area contributed by atoms with Crippen LogP contribution in [0.1, 0.15) is 18.9 Å². The molecule has 0 saturated heterocycles. The van der Waals surface area contributed by atoms with Crippen molar-refractivity contribution in [3.8, 4) is 5.75 Å². The highest BCUT2D eigenvalue weighted by Gasteiger charge is 2.07. The molecule has 0 aliphatic rings. The van der Waals surface area contributed by atoms with Crippen LogP contribution in [-0.4, -0.2) is 15.0 Å². The number of hydrogen-bond acceptors (Lipinski definition) is 3. The number of rotatable bonds is 5. The van der Waals surface area contributed by atoms with E-state index in [-0.39, 0.29) is 5.75 Å². The lowest BCUT2D eigenvalue weighted by atomic mass is 10.2. The minimum absolute atomic E-state index is 0.169. The lowest BCUT2D eigenvalue weighted by Crippen LogP contribution is -1.98. The van der Waals surface area contributed by atoms with Gasteiger partial charge in [0.15, 0.2) is 0 Å². The molecular weight excluding hydrogens is 236 g/mol. The van der Waals surface area contributed by atoms with Crippen LogP contribution in [0.25, 0.3) is 0 Å². The standard InChI is InChI=1S/C10H13ClO3S/c1-2-6-14-10-5-3-4-9(7-10)8-15(11,12)13/h3-5,7H,2,6,8H2,1H3. The molecule has 3 nitrogen and oxygen atoms in total. The Labute approximate surface area is 94.4 Å². The van der Waals surface area contributed by atoms with Crippen LogP contribution in [0.3, 0.4) is 0 Å². The predicted octanol–water partition coefficient (Wildman–Crippen LogP) is 2.54. The van der Waals surface area contributed by atoms with Gasteiger partial charge in [-0.15, -0.1) is 0 Å². The van der Waals surface area contributed by atoms with Crippen molar-refractivity contribution in [3.63, 3.8) is 0 Å². The SMILES string of the molecule is CCCOc1cccc(CS(=O)(=O)Cl)c1. The van der Waals surface area contributed by atoms with Crippen molar-refractivity contribution in [2.24, 2.45) is 0 Å². The second-order valence-corrected chi connectivity index (χ2v) is 5.96. The summed E-state index contributed by atoms with van der Waals surface area (Å²) in [6.07, 6.45) is 0.915. The number of hydrogen-bond donors (Lipinski definition) is 0. The normalized spacial score (nSPS) is 11.3. The molecule has 0 fully saturated rings. The summed E-state index contributed by atoms with van der Waals surface area (Å²) in [6, 6.07) is 6.94. The molecule has 0 spiro atoms. The molecule has 0 N–H and O–H groups in total. The molecule has 5 heteroatoms. The third-order valence-corrected chi connectivity index (χ3v) is 2.72. The zero-order valence-electron chi connectivity index (χ0n) is 8.44. The van der Waals surface area contributed by atoms with Crippen molar-refractivity contribution in [2.45, 2.75) is 19.1 Å². The van der Waals surface area contributed by atoms with Gasteiger partial charge in [0.25, 0.3) is 0 Å². The first-order chi connectivity index (χ1) is 7.01. The van der Waals surface area contributed by atoms with E-state index in [4.69, 9.17) is 15.4 Å². The molecule has 0 heterocycles. The third-order valence-electron chi connectivity index (χ3n) is 1.71. The zero-order valence-corrected chi connectivity index (χ0v) is 10.0. The molecule has 1 rings (SSSR count). The first-order valence-corrected chi connectivity index (χ1v) is 7.13. The monoisotopic (exact) mass is 248 g/mol. The summed E-state index contributed by atoms with van der Waals surface area (Å²) in [5, 5.41) is 0. The first-order valence-electron chi connectivity index (χ1n) is 4.65. The molecule has 15 heavy (non-hydrogen) atoms. The fourth-order valence-corrected chi connectivity index (χ4v) is 2.10.